The van der Waals surface area contributed by atoms with Crippen LogP contribution in [0.25, 0.3) is 0 Å². The highest BCUT2D eigenvalue weighted by molar-refractivity contribution is 6.29. The lowest BCUT2D eigenvalue weighted by atomic mass is 10.2. The Kier molecular flexibility index (Phi) is 3.24. The Morgan fingerprint density at radius 3 is 2.67 bits per heavy atom. The van der Waals surface area contributed by atoms with Crippen molar-refractivity contribution in [3.8, 4) is 0 Å². The second kappa shape index (κ2) is 4.69. The molecule has 0 saturated carbocycles. The van der Waals surface area contributed by atoms with E-state index in [1.165, 1.54) is 19.2 Å². The molecule has 1 N–H and O–H groups in total. The summed E-state index contributed by atoms with van der Waals surface area (Å²) in [5, 5.41) is 9.69. The zero-order valence-corrected chi connectivity index (χ0v) is 10.1. The van der Waals surface area contributed by atoms with Crippen molar-refractivity contribution in [2.24, 2.45) is 0 Å². The Morgan fingerprint density at radius 1 is 1.44 bits per heavy atom. The standard InChI is InChI=1S/C10H9ClN4O3/c1-15-8(16)4-6(10(15)18)12-9(17)5-2-3-7(11)14-13-5/h2-3,6H,4H2,1H3,(H,12,17). The third-order valence-electron chi connectivity index (χ3n) is 2.55. The SMILES string of the molecule is CN1C(=O)CC(NC(=O)c2ccc(Cl)nn2)C1=O. The maximum Gasteiger partial charge on any atom is 0.272 e. The summed E-state index contributed by atoms with van der Waals surface area (Å²) in [6, 6.07) is 1.96. The summed E-state index contributed by atoms with van der Waals surface area (Å²) in [5.41, 5.74) is 0.0363. The number of likely N-dealkylation sites (N-methyl/N-ethyl adjacent to an activating group) is 1. The van der Waals surface area contributed by atoms with Crippen molar-refractivity contribution < 1.29 is 14.4 Å². The molecule has 2 rings (SSSR count). The van der Waals surface area contributed by atoms with Crippen LogP contribution in [-0.4, -0.2) is 45.9 Å². The van der Waals surface area contributed by atoms with E-state index in [2.05, 4.69) is 15.5 Å². The molecule has 1 aliphatic heterocycles. The summed E-state index contributed by atoms with van der Waals surface area (Å²) in [6.45, 7) is 0. The van der Waals surface area contributed by atoms with Crippen molar-refractivity contribution in [1.29, 1.82) is 0 Å². The van der Waals surface area contributed by atoms with Crippen LogP contribution in [0.3, 0.4) is 0 Å². The number of hydrogen-bond donors (Lipinski definition) is 1. The number of carbonyl (C=O) groups is 3. The largest absolute Gasteiger partial charge is 0.338 e. The number of aromatic nitrogens is 2. The first-order valence-corrected chi connectivity index (χ1v) is 5.47. The predicted molar refractivity (Wildman–Crippen MR) is 60.7 cm³/mol. The van der Waals surface area contributed by atoms with Crippen LogP contribution in [0.2, 0.25) is 5.15 Å². The molecule has 2 heterocycles. The third kappa shape index (κ3) is 2.30. The summed E-state index contributed by atoms with van der Waals surface area (Å²) in [5.74, 6) is -1.33. The van der Waals surface area contributed by atoms with Crippen LogP contribution in [0.4, 0.5) is 0 Å². The zero-order chi connectivity index (χ0) is 13.3. The summed E-state index contributed by atoms with van der Waals surface area (Å²) in [6.07, 6.45) is -0.0396. The van der Waals surface area contributed by atoms with Crippen LogP contribution in [0.15, 0.2) is 12.1 Å². The van der Waals surface area contributed by atoms with Crippen molar-refractivity contribution in [2.75, 3.05) is 7.05 Å². The molecule has 0 spiro atoms. The molecule has 8 heteroatoms. The van der Waals surface area contributed by atoms with Gasteiger partial charge in [-0.25, -0.2) is 0 Å². The Bertz CT molecular complexity index is 516. The van der Waals surface area contributed by atoms with Gasteiger partial charge >= 0.3 is 0 Å². The Labute approximate surface area is 107 Å². The first-order valence-electron chi connectivity index (χ1n) is 5.09. The fourth-order valence-corrected chi connectivity index (χ4v) is 1.64. The quantitative estimate of drug-likeness (QED) is 0.738. The van der Waals surface area contributed by atoms with Crippen molar-refractivity contribution in [2.45, 2.75) is 12.5 Å². The number of hydrogen-bond acceptors (Lipinski definition) is 5. The van der Waals surface area contributed by atoms with Crippen LogP contribution in [-0.2, 0) is 9.59 Å². The molecule has 0 aliphatic carbocycles. The van der Waals surface area contributed by atoms with E-state index >= 15 is 0 Å². The fourth-order valence-electron chi connectivity index (χ4n) is 1.54. The van der Waals surface area contributed by atoms with Crippen molar-refractivity contribution in [3.63, 3.8) is 0 Å². The minimum atomic E-state index is -0.840. The second-order valence-electron chi connectivity index (χ2n) is 3.76. The summed E-state index contributed by atoms with van der Waals surface area (Å²) in [7, 11) is 1.37. The molecule has 1 aliphatic rings. The van der Waals surface area contributed by atoms with Crippen LogP contribution < -0.4 is 5.32 Å². The molecule has 1 fully saturated rings. The molecule has 0 radical (unpaired) electrons. The van der Waals surface area contributed by atoms with Gasteiger partial charge in [0.05, 0.1) is 6.42 Å². The van der Waals surface area contributed by atoms with Crippen molar-refractivity contribution >= 4 is 29.3 Å². The number of likely N-dealkylation sites (tertiary alicyclic amines) is 1. The van der Waals surface area contributed by atoms with E-state index in [1.807, 2.05) is 0 Å². The predicted octanol–water partition coefficient (Wildman–Crippen LogP) is -0.383. The summed E-state index contributed by atoms with van der Waals surface area (Å²) in [4.78, 5) is 35.6. The average Bonchev–Trinajstić information content (AvgIpc) is 2.58. The first kappa shape index (κ1) is 12.4. The number of nitrogens with zero attached hydrogens (tertiary/aromatic N) is 3. The van der Waals surface area contributed by atoms with Gasteiger partial charge in [-0.05, 0) is 12.1 Å². The van der Waals surface area contributed by atoms with E-state index in [0.717, 1.165) is 4.90 Å². The average molecular weight is 269 g/mol. The Morgan fingerprint density at radius 2 is 2.17 bits per heavy atom. The van der Waals surface area contributed by atoms with Gasteiger partial charge in [-0.1, -0.05) is 11.6 Å². The molecule has 1 saturated heterocycles. The number of carbonyl (C=O) groups excluding carboxylic acids is 3. The second-order valence-corrected chi connectivity index (χ2v) is 4.15. The van der Waals surface area contributed by atoms with Gasteiger partial charge in [0, 0.05) is 7.05 Å². The molecule has 0 bridgehead atoms. The maximum absolute atomic E-state index is 11.7. The highest BCUT2D eigenvalue weighted by atomic mass is 35.5. The normalized spacial score (nSPS) is 19.2. The van der Waals surface area contributed by atoms with Gasteiger partial charge in [0.1, 0.15) is 6.04 Å². The highest BCUT2D eigenvalue weighted by Gasteiger charge is 2.37. The van der Waals surface area contributed by atoms with Gasteiger partial charge in [-0.3, -0.25) is 19.3 Å². The van der Waals surface area contributed by atoms with Crippen LogP contribution >= 0.6 is 11.6 Å². The Balaban J connectivity index is 2.06. The molecule has 3 amide bonds. The lowest BCUT2D eigenvalue weighted by molar-refractivity contribution is -0.137. The van der Waals surface area contributed by atoms with E-state index in [0.29, 0.717) is 0 Å². The van der Waals surface area contributed by atoms with Gasteiger partial charge in [0.25, 0.3) is 11.8 Å². The first-order chi connectivity index (χ1) is 8.49. The van der Waals surface area contributed by atoms with Gasteiger partial charge in [-0.15, -0.1) is 10.2 Å². The third-order valence-corrected chi connectivity index (χ3v) is 2.75. The van der Waals surface area contributed by atoms with E-state index in [4.69, 9.17) is 11.6 Å². The Hall–Kier alpha value is -2.02. The molecule has 18 heavy (non-hydrogen) atoms. The van der Waals surface area contributed by atoms with Gasteiger partial charge in [0.15, 0.2) is 10.8 Å². The molecule has 1 atom stereocenters. The van der Waals surface area contributed by atoms with E-state index < -0.39 is 17.9 Å². The molecular formula is C10H9ClN4O3. The molecular weight excluding hydrogens is 260 g/mol. The molecule has 1 aromatic heterocycles. The van der Waals surface area contributed by atoms with Gasteiger partial charge in [-0.2, -0.15) is 0 Å². The van der Waals surface area contributed by atoms with Crippen molar-refractivity contribution in [1.82, 2.24) is 20.4 Å². The maximum atomic E-state index is 11.7. The number of halogens is 1. The molecule has 0 aromatic carbocycles. The topological polar surface area (TPSA) is 92.3 Å². The lowest BCUT2D eigenvalue weighted by Gasteiger charge is -2.10. The van der Waals surface area contributed by atoms with Gasteiger partial charge in [0.2, 0.25) is 5.91 Å². The van der Waals surface area contributed by atoms with E-state index in [-0.39, 0.29) is 23.2 Å². The van der Waals surface area contributed by atoms with Crippen molar-refractivity contribution in [3.05, 3.63) is 23.0 Å². The minimum absolute atomic E-state index is 0.0363. The van der Waals surface area contributed by atoms with Crippen LogP contribution in [0.5, 0.6) is 0 Å². The fraction of sp³-hybridized carbons (Fsp3) is 0.300. The smallest absolute Gasteiger partial charge is 0.272 e. The monoisotopic (exact) mass is 268 g/mol. The number of nitrogens with one attached hydrogen (secondary N) is 1. The van der Waals surface area contributed by atoms with E-state index in [1.54, 1.807) is 0 Å². The van der Waals surface area contributed by atoms with Crippen LogP contribution in [0.1, 0.15) is 16.9 Å². The molecule has 7 nitrogen and oxygen atoms in total. The minimum Gasteiger partial charge on any atom is -0.338 e. The lowest BCUT2D eigenvalue weighted by Crippen LogP contribution is -2.41. The summed E-state index contributed by atoms with van der Waals surface area (Å²) < 4.78 is 0. The highest BCUT2D eigenvalue weighted by Crippen LogP contribution is 2.11. The van der Waals surface area contributed by atoms with E-state index in [9.17, 15) is 14.4 Å². The summed E-state index contributed by atoms with van der Waals surface area (Å²) >= 11 is 5.54. The number of rotatable bonds is 2. The van der Waals surface area contributed by atoms with Gasteiger partial charge < -0.3 is 5.32 Å². The number of imide groups is 1. The molecule has 94 valence electrons. The molecule has 1 unspecified atom stereocenters. The number of amides is 3. The zero-order valence-electron chi connectivity index (χ0n) is 9.38. The molecule has 1 aromatic rings. The van der Waals surface area contributed by atoms with Crippen LogP contribution in [0, 0.1) is 0 Å².